The lowest BCUT2D eigenvalue weighted by Gasteiger charge is -2.04. The van der Waals surface area contributed by atoms with E-state index in [1.807, 2.05) is 0 Å². The maximum Gasteiger partial charge on any atom is 0.243 e. The zero-order valence-corrected chi connectivity index (χ0v) is 8.81. The lowest BCUT2D eigenvalue weighted by atomic mass is 10.1. The van der Waals surface area contributed by atoms with Gasteiger partial charge in [0.15, 0.2) is 0 Å². The summed E-state index contributed by atoms with van der Waals surface area (Å²) in [5.41, 5.74) is 0. The molecule has 0 aliphatic rings. The van der Waals surface area contributed by atoms with Gasteiger partial charge in [0.05, 0.1) is 0 Å². The van der Waals surface area contributed by atoms with Crippen LogP contribution in [0.15, 0.2) is 12.7 Å². The highest BCUT2D eigenvalue weighted by molar-refractivity contribution is 5.86. The lowest BCUT2D eigenvalue weighted by Crippen LogP contribution is -2.21. The summed E-state index contributed by atoms with van der Waals surface area (Å²) in [7, 11) is 0. The van der Waals surface area contributed by atoms with Crippen LogP contribution >= 0.6 is 0 Å². The van der Waals surface area contributed by atoms with Crippen LogP contribution in [0.4, 0.5) is 0 Å². The van der Waals surface area contributed by atoms with Gasteiger partial charge in [-0.15, -0.1) is 0 Å². The van der Waals surface area contributed by atoms with Crippen molar-refractivity contribution in [3.8, 4) is 0 Å². The van der Waals surface area contributed by atoms with Gasteiger partial charge in [-0.1, -0.05) is 39.7 Å². The Labute approximate surface area is 81.4 Å². The average molecular weight is 183 g/mol. The average Bonchev–Trinajstić information content (AvgIpc) is 2.10. The van der Waals surface area contributed by atoms with Crippen molar-refractivity contribution < 1.29 is 4.79 Å². The van der Waals surface area contributed by atoms with Gasteiger partial charge in [0, 0.05) is 6.54 Å². The number of carbonyl (C=O) groups excluding carboxylic acids is 1. The van der Waals surface area contributed by atoms with E-state index in [9.17, 15) is 4.79 Å². The van der Waals surface area contributed by atoms with Gasteiger partial charge in [-0.2, -0.15) is 0 Å². The molecule has 0 aromatic heterocycles. The van der Waals surface area contributed by atoms with Crippen LogP contribution in [0.25, 0.3) is 0 Å². The molecule has 0 radical (unpaired) electrons. The highest BCUT2D eigenvalue weighted by Crippen LogP contribution is 2.07. The van der Waals surface area contributed by atoms with E-state index in [4.69, 9.17) is 0 Å². The molecule has 0 saturated heterocycles. The Bertz CT molecular complexity index is 152. The number of carbonyl (C=O) groups is 1. The zero-order chi connectivity index (χ0) is 10.1. The first-order valence-corrected chi connectivity index (χ1v) is 5.07. The monoisotopic (exact) mass is 183 g/mol. The minimum absolute atomic E-state index is 0.0659. The molecule has 0 atom stereocenters. The third-order valence-corrected chi connectivity index (χ3v) is 1.94. The molecule has 1 N–H and O–H groups in total. The molecule has 0 bridgehead atoms. The van der Waals surface area contributed by atoms with Gasteiger partial charge in [-0.3, -0.25) is 4.79 Å². The molecule has 13 heavy (non-hydrogen) atoms. The molecule has 0 rings (SSSR count). The maximum absolute atomic E-state index is 10.7. The second kappa shape index (κ2) is 7.84. The summed E-state index contributed by atoms with van der Waals surface area (Å²) in [6.07, 6.45) is 6.15. The highest BCUT2D eigenvalue weighted by Gasteiger charge is 1.95. The van der Waals surface area contributed by atoms with Gasteiger partial charge >= 0.3 is 0 Å². The Morgan fingerprint density at radius 3 is 2.62 bits per heavy atom. The molecule has 0 unspecified atom stereocenters. The number of nitrogens with one attached hydrogen (secondary N) is 1. The van der Waals surface area contributed by atoms with E-state index in [1.165, 1.54) is 25.3 Å². The largest absolute Gasteiger partial charge is 0.353 e. The maximum atomic E-state index is 10.7. The molecule has 2 nitrogen and oxygen atoms in total. The molecule has 76 valence electrons. The Morgan fingerprint density at radius 2 is 2.08 bits per heavy atom. The highest BCUT2D eigenvalue weighted by atomic mass is 16.1. The molecule has 0 aromatic rings. The number of hydrogen-bond donors (Lipinski definition) is 1. The fourth-order valence-electron chi connectivity index (χ4n) is 1.14. The quantitative estimate of drug-likeness (QED) is 0.477. The van der Waals surface area contributed by atoms with Crippen molar-refractivity contribution in [3.05, 3.63) is 12.7 Å². The van der Waals surface area contributed by atoms with Crippen LogP contribution in [0, 0.1) is 5.92 Å². The number of amides is 1. The molecule has 0 spiro atoms. The van der Waals surface area contributed by atoms with Crippen molar-refractivity contribution in [1.82, 2.24) is 5.32 Å². The third-order valence-electron chi connectivity index (χ3n) is 1.94. The van der Waals surface area contributed by atoms with Crippen molar-refractivity contribution in [3.63, 3.8) is 0 Å². The molecule has 2 heteroatoms. The minimum Gasteiger partial charge on any atom is -0.353 e. The van der Waals surface area contributed by atoms with Crippen molar-refractivity contribution >= 4 is 5.91 Å². The smallest absolute Gasteiger partial charge is 0.243 e. The molecule has 1 amide bonds. The molecule has 0 aliphatic carbocycles. The fraction of sp³-hybridized carbons (Fsp3) is 0.727. The Kier molecular flexibility index (Phi) is 7.36. The number of rotatable bonds is 7. The molecule has 0 aliphatic heterocycles. The fourth-order valence-corrected chi connectivity index (χ4v) is 1.14. The van der Waals surface area contributed by atoms with E-state index in [2.05, 4.69) is 25.7 Å². The molecule has 0 aromatic carbocycles. The zero-order valence-electron chi connectivity index (χ0n) is 8.81. The van der Waals surface area contributed by atoms with Crippen molar-refractivity contribution in [2.45, 2.75) is 39.5 Å². The van der Waals surface area contributed by atoms with Crippen molar-refractivity contribution in [2.24, 2.45) is 5.92 Å². The Morgan fingerprint density at radius 1 is 1.38 bits per heavy atom. The Balaban J connectivity index is 3.08. The summed E-state index contributed by atoms with van der Waals surface area (Å²) in [5.74, 6) is 0.728. The standard InChI is InChI=1S/C11H21NO/c1-4-11(13)12-9-7-5-6-8-10(2)3/h4,10H,1,5-9H2,2-3H3,(H,12,13). The topological polar surface area (TPSA) is 29.1 Å². The van der Waals surface area contributed by atoms with Crippen LogP contribution in [0.5, 0.6) is 0 Å². The van der Waals surface area contributed by atoms with Crippen LogP contribution in [-0.2, 0) is 4.79 Å². The van der Waals surface area contributed by atoms with Crippen LogP contribution in [0.2, 0.25) is 0 Å². The molecular weight excluding hydrogens is 162 g/mol. The lowest BCUT2D eigenvalue weighted by molar-refractivity contribution is -0.116. The third kappa shape index (κ3) is 9.12. The van der Waals surface area contributed by atoms with Gasteiger partial charge < -0.3 is 5.32 Å². The first-order valence-electron chi connectivity index (χ1n) is 5.07. The molecular formula is C11H21NO. The normalized spacial score (nSPS) is 10.1. The molecule has 0 fully saturated rings. The predicted octanol–water partition coefficient (Wildman–Crippen LogP) is 2.51. The van der Waals surface area contributed by atoms with Gasteiger partial charge in [0.2, 0.25) is 5.91 Å². The first kappa shape index (κ1) is 12.2. The summed E-state index contributed by atoms with van der Waals surface area (Å²) in [6.45, 7) is 8.64. The molecule has 0 saturated carbocycles. The van der Waals surface area contributed by atoms with E-state index in [-0.39, 0.29) is 5.91 Å². The SMILES string of the molecule is C=CC(=O)NCCCCCC(C)C. The number of hydrogen-bond acceptors (Lipinski definition) is 1. The van der Waals surface area contributed by atoms with Crippen LogP contribution in [0.3, 0.4) is 0 Å². The number of unbranched alkanes of at least 4 members (excludes halogenated alkanes) is 2. The van der Waals surface area contributed by atoms with Gasteiger partial charge in [-0.25, -0.2) is 0 Å². The second-order valence-electron chi connectivity index (χ2n) is 3.74. The summed E-state index contributed by atoms with van der Waals surface area (Å²) >= 11 is 0. The molecule has 0 heterocycles. The van der Waals surface area contributed by atoms with Crippen molar-refractivity contribution in [1.29, 1.82) is 0 Å². The summed E-state index contributed by atoms with van der Waals surface area (Å²) in [4.78, 5) is 10.7. The van der Waals surface area contributed by atoms with Crippen molar-refractivity contribution in [2.75, 3.05) is 6.54 Å². The Hall–Kier alpha value is -0.790. The van der Waals surface area contributed by atoms with Crippen LogP contribution in [0.1, 0.15) is 39.5 Å². The first-order chi connectivity index (χ1) is 6.16. The predicted molar refractivity (Wildman–Crippen MR) is 56.5 cm³/mol. The second-order valence-corrected chi connectivity index (χ2v) is 3.74. The van der Waals surface area contributed by atoms with E-state index in [0.717, 1.165) is 18.9 Å². The van der Waals surface area contributed by atoms with Gasteiger partial charge in [-0.05, 0) is 18.4 Å². The summed E-state index contributed by atoms with van der Waals surface area (Å²) < 4.78 is 0. The minimum atomic E-state index is -0.0659. The van der Waals surface area contributed by atoms with Gasteiger partial charge in [0.25, 0.3) is 0 Å². The van der Waals surface area contributed by atoms with Gasteiger partial charge in [0.1, 0.15) is 0 Å². The van der Waals surface area contributed by atoms with E-state index >= 15 is 0 Å². The van der Waals surface area contributed by atoms with Crippen LogP contribution < -0.4 is 5.32 Å². The van der Waals surface area contributed by atoms with Crippen LogP contribution in [-0.4, -0.2) is 12.5 Å². The van der Waals surface area contributed by atoms with E-state index < -0.39 is 0 Å². The van der Waals surface area contributed by atoms with E-state index in [1.54, 1.807) is 0 Å². The summed E-state index contributed by atoms with van der Waals surface area (Å²) in [6, 6.07) is 0. The van der Waals surface area contributed by atoms with E-state index in [0.29, 0.717) is 0 Å². The summed E-state index contributed by atoms with van der Waals surface area (Å²) in [5, 5.41) is 2.76.